The van der Waals surface area contributed by atoms with Gasteiger partial charge in [0.15, 0.2) is 5.78 Å². The third kappa shape index (κ3) is 4.63. The van der Waals surface area contributed by atoms with Gasteiger partial charge in [-0.15, -0.1) is 0 Å². The quantitative estimate of drug-likeness (QED) is 0.604. The molecule has 31 heavy (non-hydrogen) atoms. The molecule has 0 spiro atoms. The van der Waals surface area contributed by atoms with Crippen LogP contribution in [-0.2, 0) is 14.4 Å². The van der Waals surface area contributed by atoms with E-state index in [9.17, 15) is 14.4 Å². The van der Waals surface area contributed by atoms with Crippen LogP contribution in [0, 0.1) is 5.41 Å². The van der Waals surface area contributed by atoms with Gasteiger partial charge < -0.3 is 10.1 Å². The monoisotopic (exact) mass is 460 g/mol. The van der Waals surface area contributed by atoms with Crippen molar-refractivity contribution in [2.75, 3.05) is 0 Å². The minimum absolute atomic E-state index is 0.0342. The molecular weight excluding hydrogens is 435 g/mol. The van der Waals surface area contributed by atoms with Crippen molar-refractivity contribution in [1.82, 2.24) is 10.2 Å². The van der Waals surface area contributed by atoms with Crippen molar-refractivity contribution in [2.24, 2.45) is 5.41 Å². The van der Waals surface area contributed by atoms with Gasteiger partial charge in [0.2, 0.25) is 5.91 Å². The third-order valence-corrected chi connectivity index (χ3v) is 6.12. The van der Waals surface area contributed by atoms with Crippen molar-refractivity contribution in [3.63, 3.8) is 0 Å². The number of Topliss-reactive ketones (excluding diaryl/α,β-unsaturated/α-hetero) is 1. The van der Waals surface area contributed by atoms with Crippen LogP contribution >= 0.6 is 23.2 Å². The first-order valence-corrected chi connectivity index (χ1v) is 10.9. The Hall–Kier alpha value is -2.37. The number of amides is 1. The van der Waals surface area contributed by atoms with Gasteiger partial charge in [-0.2, -0.15) is 0 Å². The SMILES string of the molecule is C/C=C1\C(=C/CC=O)NC2=C(C(=O)CC(C)(C)C2)C(c2ccc(Cl)cc2Cl)N1C(C)=O. The van der Waals surface area contributed by atoms with Gasteiger partial charge in [0.1, 0.15) is 6.29 Å². The number of halogens is 2. The Morgan fingerprint density at radius 1 is 1.29 bits per heavy atom. The van der Waals surface area contributed by atoms with Gasteiger partial charge in [0, 0.05) is 41.1 Å². The molecule has 1 aromatic carbocycles. The van der Waals surface area contributed by atoms with Crippen LogP contribution in [0.25, 0.3) is 0 Å². The van der Waals surface area contributed by atoms with Crippen molar-refractivity contribution < 1.29 is 14.4 Å². The minimum atomic E-state index is -0.707. The van der Waals surface area contributed by atoms with E-state index in [-0.39, 0.29) is 23.5 Å². The van der Waals surface area contributed by atoms with Gasteiger partial charge in [-0.05, 0) is 36.5 Å². The van der Waals surface area contributed by atoms with E-state index in [1.54, 1.807) is 35.3 Å². The molecule has 0 saturated carbocycles. The molecule has 1 atom stereocenters. The fourth-order valence-corrected chi connectivity index (χ4v) is 4.89. The van der Waals surface area contributed by atoms with Crippen LogP contribution in [-0.4, -0.2) is 22.9 Å². The highest BCUT2D eigenvalue weighted by atomic mass is 35.5. The molecule has 0 saturated heterocycles. The number of nitrogens with one attached hydrogen (secondary N) is 1. The number of rotatable bonds is 3. The Kier molecular flexibility index (Phi) is 6.77. The van der Waals surface area contributed by atoms with Crippen molar-refractivity contribution in [3.8, 4) is 0 Å². The maximum absolute atomic E-state index is 13.4. The molecule has 1 unspecified atom stereocenters. The molecular formula is C24H26Cl2N2O3. The first-order chi connectivity index (χ1) is 14.6. The topological polar surface area (TPSA) is 66.5 Å². The number of carbonyl (C=O) groups is 3. The highest BCUT2D eigenvalue weighted by Crippen LogP contribution is 2.47. The predicted molar refractivity (Wildman–Crippen MR) is 122 cm³/mol. The van der Waals surface area contributed by atoms with Crippen molar-refractivity contribution in [1.29, 1.82) is 0 Å². The molecule has 0 bridgehead atoms. The van der Waals surface area contributed by atoms with Gasteiger partial charge in [0.25, 0.3) is 0 Å². The van der Waals surface area contributed by atoms with Crippen LogP contribution in [0.4, 0.5) is 0 Å². The zero-order valence-electron chi connectivity index (χ0n) is 18.1. The number of aldehydes is 1. The molecule has 0 radical (unpaired) electrons. The van der Waals surface area contributed by atoms with Crippen LogP contribution in [0.1, 0.15) is 58.6 Å². The molecule has 164 valence electrons. The average Bonchev–Trinajstić information content (AvgIpc) is 2.79. The Morgan fingerprint density at radius 2 is 2.00 bits per heavy atom. The lowest BCUT2D eigenvalue weighted by molar-refractivity contribution is -0.128. The predicted octanol–water partition coefficient (Wildman–Crippen LogP) is 5.51. The van der Waals surface area contributed by atoms with Gasteiger partial charge >= 0.3 is 0 Å². The second-order valence-electron chi connectivity index (χ2n) is 8.61. The molecule has 1 aliphatic carbocycles. The standard InChI is InChI=1S/C24H26Cl2N2O3/c1-5-20-18(7-6-10-29)27-19-12-24(3,4)13-21(31)22(19)23(28(20)14(2)30)16-9-8-15(25)11-17(16)26/h5,7-11,23,27H,6,12-13H2,1-4H3/b18-7+,20-5+. The average molecular weight is 461 g/mol. The van der Waals surface area contributed by atoms with Crippen molar-refractivity contribution in [2.45, 2.75) is 53.0 Å². The molecule has 1 heterocycles. The normalized spacial score (nSPS) is 23.5. The Balaban J connectivity index is 2.36. The van der Waals surface area contributed by atoms with Gasteiger partial charge in [-0.1, -0.05) is 55.3 Å². The van der Waals surface area contributed by atoms with Crippen LogP contribution in [0.15, 0.2) is 53.0 Å². The maximum atomic E-state index is 13.4. The number of ketones is 1. The number of hydrogen-bond donors (Lipinski definition) is 1. The molecule has 1 amide bonds. The number of carbonyl (C=O) groups excluding carboxylic acids is 3. The van der Waals surface area contributed by atoms with E-state index in [2.05, 4.69) is 5.32 Å². The lowest BCUT2D eigenvalue weighted by Gasteiger charge is -2.37. The van der Waals surface area contributed by atoms with E-state index in [0.29, 0.717) is 45.4 Å². The highest BCUT2D eigenvalue weighted by molar-refractivity contribution is 6.35. The summed E-state index contributed by atoms with van der Waals surface area (Å²) in [7, 11) is 0. The summed E-state index contributed by atoms with van der Waals surface area (Å²) in [4.78, 5) is 39.1. The van der Waals surface area contributed by atoms with E-state index in [4.69, 9.17) is 23.2 Å². The summed E-state index contributed by atoms with van der Waals surface area (Å²) in [6.45, 7) is 7.36. The summed E-state index contributed by atoms with van der Waals surface area (Å²) in [5.41, 5.74) is 2.86. The lowest BCUT2D eigenvalue weighted by Crippen LogP contribution is -2.37. The molecule has 2 aliphatic rings. The molecule has 7 heteroatoms. The first kappa shape index (κ1) is 23.3. The zero-order chi connectivity index (χ0) is 22.9. The summed E-state index contributed by atoms with van der Waals surface area (Å²) in [6, 6.07) is 4.37. The molecule has 3 rings (SSSR count). The van der Waals surface area contributed by atoms with Crippen LogP contribution in [0.2, 0.25) is 10.0 Å². The van der Waals surface area contributed by atoms with Crippen LogP contribution in [0.5, 0.6) is 0 Å². The second-order valence-corrected chi connectivity index (χ2v) is 9.45. The largest absolute Gasteiger partial charge is 0.357 e. The third-order valence-electron chi connectivity index (χ3n) is 5.56. The zero-order valence-corrected chi connectivity index (χ0v) is 19.6. The Bertz CT molecular complexity index is 1040. The summed E-state index contributed by atoms with van der Waals surface area (Å²) in [6.07, 6.45) is 5.49. The second kappa shape index (κ2) is 9.01. The van der Waals surface area contributed by atoms with Gasteiger partial charge in [0.05, 0.1) is 17.4 Å². The van der Waals surface area contributed by atoms with E-state index >= 15 is 0 Å². The summed E-state index contributed by atoms with van der Waals surface area (Å²) in [5.74, 6) is -0.276. The molecule has 1 aliphatic heterocycles. The first-order valence-electron chi connectivity index (χ1n) is 10.2. The van der Waals surface area contributed by atoms with E-state index in [1.807, 2.05) is 20.8 Å². The smallest absolute Gasteiger partial charge is 0.224 e. The van der Waals surface area contributed by atoms with Gasteiger partial charge in [-0.3, -0.25) is 14.5 Å². The number of allylic oxidation sites excluding steroid dienone is 3. The Labute approximate surface area is 192 Å². The van der Waals surface area contributed by atoms with Crippen molar-refractivity contribution in [3.05, 3.63) is 68.6 Å². The lowest BCUT2D eigenvalue weighted by atomic mass is 9.73. The van der Waals surface area contributed by atoms with Crippen molar-refractivity contribution >= 4 is 41.2 Å². The molecule has 5 nitrogen and oxygen atoms in total. The van der Waals surface area contributed by atoms with Crippen LogP contribution < -0.4 is 5.32 Å². The molecule has 0 fully saturated rings. The molecule has 0 aromatic heterocycles. The minimum Gasteiger partial charge on any atom is -0.357 e. The highest BCUT2D eigenvalue weighted by Gasteiger charge is 2.43. The summed E-state index contributed by atoms with van der Waals surface area (Å²) >= 11 is 12.7. The van der Waals surface area contributed by atoms with E-state index < -0.39 is 6.04 Å². The number of nitrogens with zero attached hydrogens (tertiary/aromatic N) is 1. The van der Waals surface area contributed by atoms with E-state index in [1.165, 1.54) is 6.92 Å². The van der Waals surface area contributed by atoms with E-state index in [0.717, 1.165) is 12.0 Å². The van der Waals surface area contributed by atoms with Crippen LogP contribution in [0.3, 0.4) is 0 Å². The molecule has 1 N–H and O–H groups in total. The molecule has 1 aromatic rings. The maximum Gasteiger partial charge on any atom is 0.224 e. The van der Waals surface area contributed by atoms with Gasteiger partial charge in [-0.25, -0.2) is 0 Å². The summed E-state index contributed by atoms with van der Waals surface area (Å²) < 4.78 is 0. The fourth-order valence-electron chi connectivity index (χ4n) is 4.37. The summed E-state index contributed by atoms with van der Waals surface area (Å²) in [5, 5.41) is 4.23. The fraction of sp³-hybridized carbons (Fsp3) is 0.375. The Morgan fingerprint density at radius 3 is 2.58 bits per heavy atom. The number of benzene rings is 1. The number of hydrogen-bond acceptors (Lipinski definition) is 4.